The molecule has 7 nitrogen and oxygen atoms in total. The summed E-state index contributed by atoms with van der Waals surface area (Å²) in [5.74, 6) is -0.0708. The van der Waals surface area contributed by atoms with E-state index in [1.54, 1.807) is 6.07 Å². The molecule has 2 aliphatic rings. The summed E-state index contributed by atoms with van der Waals surface area (Å²) in [6.45, 7) is 0. The second kappa shape index (κ2) is 8.86. The summed E-state index contributed by atoms with van der Waals surface area (Å²) in [7, 11) is 0. The number of ketones is 1. The maximum absolute atomic E-state index is 13.2. The topological polar surface area (TPSA) is 108 Å². The molecule has 0 aromatic heterocycles. The number of ether oxygens (including phenoxy) is 1. The van der Waals surface area contributed by atoms with E-state index < -0.39 is 41.6 Å². The number of para-hydroxylation sites is 1. The Morgan fingerprint density at radius 2 is 1.79 bits per heavy atom. The van der Waals surface area contributed by atoms with Gasteiger partial charge in [-0.2, -0.15) is 5.90 Å². The third-order valence-corrected chi connectivity index (χ3v) is 6.43. The van der Waals surface area contributed by atoms with E-state index in [9.17, 15) is 27.6 Å². The highest BCUT2D eigenvalue weighted by Gasteiger charge is 2.51. The SMILES string of the molecule is NOC(=O)C(C(C=O)C(=O)c1ccc(OC(F)(F)F)cc1)C1c2ccccc2NC2CCC21. The summed E-state index contributed by atoms with van der Waals surface area (Å²) >= 11 is 0. The van der Waals surface area contributed by atoms with Gasteiger partial charge in [-0.25, -0.2) is 0 Å². The van der Waals surface area contributed by atoms with Gasteiger partial charge in [-0.3, -0.25) is 9.59 Å². The fourth-order valence-corrected chi connectivity index (χ4v) is 4.86. The molecule has 174 valence electrons. The number of anilines is 1. The third-order valence-electron chi connectivity index (χ3n) is 6.43. The Hall–Kier alpha value is -3.40. The van der Waals surface area contributed by atoms with Crippen molar-refractivity contribution in [1.82, 2.24) is 0 Å². The fourth-order valence-electron chi connectivity index (χ4n) is 4.86. The zero-order chi connectivity index (χ0) is 23.8. The fraction of sp³-hybridized carbons (Fsp3) is 0.348. The zero-order valence-electron chi connectivity index (χ0n) is 17.2. The molecule has 0 amide bonds. The number of nitrogens with one attached hydrogen (secondary N) is 1. The van der Waals surface area contributed by atoms with Gasteiger partial charge in [0.05, 0.1) is 11.8 Å². The monoisotopic (exact) mass is 462 g/mol. The lowest BCUT2D eigenvalue weighted by Crippen LogP contribution is -2.51. The number of hydrogen-bond acceptors (Lipinski definition) is 7. The molecule has 2 aromatic rings. The number of benzene rings is 2. The molecular formula is C23H21F3N2O5. The summed E-state index contributed by atoms with van der Waals surface area (Å²) in [5.41, 5.74) is 1.55. The van der Waals surface area contributed by atoms with Crippen LogP contribution in [0.15, 0.2) is 48.5 Å². The van der Waals surface area contributed by atoms with Crippen LogP contribution in [-0.2, 0) is 14.4 Å². The molecule has 1 saturated carbocycles. The van der Waals surface area contributed by atoms with Gasteiger partial charge in [-0.15, -0.1) is 13.2 Å². The molecule has 33 heavy (non-hydrogen) atoms. The van der Waals surface area contributed by atoms with E-state index in [0.29, 0.717) is 6.29 Å². The smallest absolute Gasteiger partial charge is 0.406 e. The van der Waals surface area contributed by atoms with E-state index in [0.717, 1.165) is 48.4 Å². The first-order chi connectivity index (χ1) is 15.7. The van der Waals surface area contributed by atoms with Gasteiger partial charge in [0.1, 0.15) is 12.0 Å². The van der Waals surface area contributed by atoms with Gasteiger partial charge in [0.25, 0.3) is 0 Å². The number of fused-ring (bicyclic) bond motifs is 2. The molecule has 0 bridgehead atoms. The first kappa shape index (κ1) is 22.8. The third kappa shape index (κ3) is 4.43. The van der Waals surface area contributed by atoms with Crippen molar-refractivity contribution in [3.8, 4) is 5.75 Å². The summed E-state index contributed by atoms with van der Waals surface area (Å²) in [4.78, 5) is 42.7. The Balaban J connectivity index is 1.69. The first-order valence-electron chi connectivity index (χ1n) is 10.3. The number of halogens is 3. The number of aldehydes is 1. The number of rotatable bonds is 7. The van der Waals surface area contributed by atoms with Crippen molar-refractivity contribution in [3.05, 3.63) is 59.7 Å². The second-order valence-electron chi connectivity index (χ2n) is 8.17. The maximum atomic E-state index is 13.2. The highest BCUT2D eigenvalue weighted by Crippen LogP contribution is 2.52. The Morgan fingerprint density at radius 3 is 2.36 bits per heavy atom. The highest BCUT2D eigenvalue weighted by atomic mass is 19.4. The van der Waals surface area contributed by atoms with E-state index in [1.165, 1.54) is 0 Å². The Bertz CT molecular complexity index is 1060. The average Bonchev–Trinajstić information content (AvgIpc) is 2.77. The van der Waals surface area contributed by atoms with Gasteiger partial charge in [-0.05, 0) is 54.7 Å². The molecule has 5 atom stereocenters. The summed E-state index contributed by atoms with van der Waals surface area (Å²) in [6.07, 6.45) is -2.84. The van der Waals surface area contributed by atoms with E-state index in [-0.39, 0.29) is 17.5 Å². The summed E-state index contributed by atoms with van der Waals surface area (Å²) in [6, 6.07) is 11.6. The Morgan fingerprint density at radius 1 is 1.09 bits per heavy atom. The van der Waals surface area contributed by atoms with Crippen molar-refractivity contribution < 1.29 is 37.1 Å². The average molecular weight is 462 g/mol. The molecule has 1 aliphatic carbocycles. The van der Waals surface area contributed by atoms with Crippen LogP contribution in [-0.4, -0.2) is 30.4 Å². The van der Waals surface area contributed by atoms with Gasteiger partial charge in [0.15, 0.2) is 5.78 Å². The van der Waals surface area contributed by atoms with Gasteiger partial charge >= 0.3 is 12.3 Å². The lowest BCUT2D eigenvalue weighted by Gasteiger charge is -2.50. The highest BCUT2D eigenvalue weighted by molar-refractivity contribution is 6.07. The Kier molecular flexibility index (Phi) is 6.11. The number of hydrogen-bond donors (Lipinski definition) is 2. The van der Waals surface area contributed by atoms with E-state index >= 15 is 0 Å². The van der Waals surface area contributed by atoms with E-state index in [1.807, 2.05) is 18.2 Å². The normalized spacial score (nSPS) is 23.0. The standard InChI is InChI=1S/C23H21F3N2O5/c24-23(25,26)32-13-7-5-12(6-8-13)21(30)16(11-29)20(22(31)33-27)19-14-3-1-2-4-17(14)28-18-10-9-15(18)19/h1-8,11,15-16,18-20,28H,9-10,27H2. The molecule has 1 heterocycles. The van der Waals surface area contributed by atoms with Crippen LogP contribution in [0.25, 0.3) is 0 Å². The minimum Gasteiger partial charge on any atom is -0.406 e. The number of carbonyl (C=O) groups is 3. The van der Waals surface area contributed by atoms with Gasteiger partial charge in [0, 0.05) is 23.2 Å². The minimum absolute atomic E-state index is 0.0122. The van der Waals surface area contributed by atoms with Crippen LogP contribution in [0.1, 0.15) is 34.7 Å². The molecule has 3 N–H and O–H groups in total. The largest absolute Gasteiger partial charge is 0.573 e. The van der Waals surface area contributed by atoms with Crippen LogP contribution >= 0.6 is 0 Å². The predicted octanol–water partition coefficient (Wildman–Crippen LogP) is 3.60. The van der Waals surface area contributed by atoms with E-state index in [2.05, 4.69) is 14.9 Å². The summed E-state index contributed by atoms with van der Waals surface area (Å²) in [5, 5.41) is 3.42. The van der Waals surface area contributed by atoms with Gasteiger partial charge in [0.2, 0.25) is 0 Å². The quantitative estimate of drug-likeness (QED) is 0.280. The van der Waals surface area contributed by atoms with Crippen molar-refractivity contribution in [2.75, 3.05) is 5.32 Å². The zero-order valence-corrected chi connectivity index (χ0v) is 17.2. The van der Waals surface area contributed by atoms with Gasteiger partial charge < -0.3 is 19.7 Å². The molecule has 10 heteroatoms. The van der Waals surface area contributed by atoms with E-state index in [4.69, 9.17) is 5.90 Å². The number of nitrogens with two attached hydrogens (primary N) is 1. The van der Waals surface area contributed by atoms with Crippen LogP contribution < -0.4 is 16.0 Å². The molecule has 5 unspecified atom stereocenters. The first-order valence-corrected chi connectivity index (χ1v) is 10.3. The van der Waals surface area contributed by atoms with Crippen molar-refractivity contribution in [1.29, 1.82) is 0 Å². The van der Waals surface area contributed by atoms with Crippen molar-refractivity contribution in [2.45, 2.75) is 31.2 Å². The molecule has 2 aromatic carbocycles. The maximum Gasteiger partial charge on any atom is 0.573 e. The molecule has 4 rings (SSSR count). The van der Waals surface area contributed by atoms with Crippen LogP contribution in [0.4, 0.5) is 18.9 Å². The molecule has 0 saturated heterocycles. The number of Topliss-reactive ketones (excluding diaryl/α,β-unsaturated/α-hetero) is 1. The van der Waals surface area contributed by atoms with Gasteiger partial charge in [-0.1, -0.05) is 18.2 Å². The van der Waals surface area contributed by atoms with Crippen molar-refractivity contribution in [3.63, 3.8) is 0 Å². The van der Waals surface area contributed by atoms with Crippen LogP contribution in [0.3, 0.4) is 0 Å². The van der Waals surface area contributed by atoms with Crippen molar-refractivity contribution in [2.24, 2.45) is 23.7 Å². The lowest BCUT2D eigenvalue weighted by atomic mass is 9.59. The van der Waals surface area contributed by atoms with Crippen LogP contribution in [0, 0.1) is 17.8 Å². The molecular weight excluding hydrogens is 441 g/mol. The Labute approximate surface area is 187 Å². The summed E-state index contributed by atoms with van der Waals surface area (Å²) < 4.78 is 41.1. The minimum atomic E-state index is -4.88. The number of alkyl halides is 3. The number of carbonyl (C=O) groups excluding carboxylic acids is 3. The predicted molar refractivity (Wildman–Crippen MR) is 110 cm³/mol. The molecule has 1 aliphatic heterocycles. The van der Waals surface area contributed by atoms with Crippen LogP contribution in [0.2, 0.25) is 0 Å². The molecule has 0 spiro atoms. The second-order valence-corrected chi connectivity index (χ2v) is 8.17. The van der Waals surface area contributed by atoms with Crippen molar-refractivity contribution >= 4 is 23.7 Å². The molecule has 0 radical (unpaired) electrons. The lowest BCUT2D eigenvalue weighted by molar-refractivity contribution is -0.274. The molecule has 1 fully saturated rings. The van der Waals surface area contributed by atoms with Crippen LogP contribution in [0.5, 0.6) is 5.75 Å².